The molecule has 12 atom stereocenters. The number of aliphatic hydroxyl groups is 8. The second-order valence-corrected chi connectivity index (χ2v) is 24.0. The molecule has 2 rings (SSSR count). The van der Waals surface area contributed by atoms with Gasteiger partial charge in [0.05, 0.1) is 32.0 Å². The fraction of sp³-hybridized carbons (Fsp3) is 0.984. The maximum absolute atomic E-state index is 13.3. The van der Waals surface area contributed by atoms with Crippen LogP contribution >= 0.6 is 0 Å². The number of ether oxygens (including phenoxy) is 4. The lowest BCUT2D eigenvalue weighted by atomic mass is 9.97. The molecule has 4 unspecified atom stereocenters. The number of carbonyl (C=O) groups excluding carboxylic acids is 1. The Balaban J connectivity index is 1.66. The van der Waals surface area contributed by atoms with Gasteiger partial charge in [0.2, 0.25) is 5.91 Å². The first-order valence-corrected chi connectivity index (χ1v) is 33.3. The Bertz CT molecular complexity index is 1310. The Morgan fingerprint density at radius 3 is 1.09 bits per heavy atom. The Morgan fingerprint density at radius 1 is 0.410 bits per heavy atom. The SMILES string of the molecule is CCCCCCCCCCCCCCCCCCCCCCCCCCCCCCC(=O)N[C@@H](CO[C@@H]1O[C@H](CO)[C@@H](O[C@@H]2O[C@H](CO)[C@H](O)C(O)C2O)C(O)C1O)[C@H](O)CCCCCCCCCCCCCCCCCC. The van der Waals surface area contributed by atoms with Crippen LogP contribution in [0.3, 0.4) is 0 Å². The van der Waals surface area contributed by atoms with Gasteiger partial charge in [0.15, 0.2) is 12.6 Å². The van der Waals surface area contributed by atoms with E-state index in [1.54, 1.807) is 0 Å². The standard InChI is InChI=1S/C64H125NO13/c1-3-5-7-9-11-13-15-17-19-21-22-23-24-25-26-27-28-29-30-31-32-34-36-38-40-42-44-46-48-56(69)65-52(53(68)47-45-43-41-39-37-35-33-20-18-16-14-12-10-8-6-4-2)51-75-63-61(74)59(72)62(55(50-67)77-63)78-64-60(73)58(71)57(70)54(49-66)76-64/h52-55,57-64,66-68,70-74H,3-51H2,1-2H3,(H,65,69)/t52-,53+,54+,55+,57-,58?,59?,60?,61?,62+,63+,64-/m0/s1. The molecule has 0 spiro atoms. The average Bonchev–Trinajstić information content (AvgIpc) is 3.44. The van der Waals surface area contributed by atoms with Crippen molar-refractivity contribution in [3.8, 4) is 0 Å². The fourth-order valence-corrected chi connectivity index (χ4v) is 11.5. The number of rotatable bonds is 55. The van der Waals surface area contributed by atoms with E-state index in [0.717, 1.165) is 51.4 Å². The van der Waals surface area contributed by atoms with E-state index in [1.807, 2.05) is 0 Å². The lowest BCUT2D eigenvalue weighted by molar-refractivity contribution is -0.359. The average molecular weight is 1120 g/mol. The summed E-state index contributed by atoms with van der Waals surface area (Å²) in [6.45, 7) is 2.91. The quantitative estimate of drug-likeness (QED) is 0.0259. The molecule has 2 saturated heterocycles. The molecule has 0 saturated carbocycles. The lowest BCUT2D eigenvalue weighted by Gasteiger charge is -2.46. The van der Waals surface area contributed by atoms with Gasteiger partial charge in [0, 0.05) is 6.42 Å². The van der Waals surface area contributed by atoms with Crippen LogP contribution in [-0.2, 0) is 23.7 Å². The third-order valence-electron chi connectivity index (χ3n) is 16.8. The first-order valence-electron chi connectivity index (χ1n) is 33.3. The zero-order valence-corrected chi connectivity index (χ0v) is 50.2. The smallest absolute Gasteiger partial charge is 0.220 e. The van der Waals surface area contributed by atoms with E-state index in [1.165, 1.54) is 231 Å². The molecule has 78 heavy (non-hydrogen) atoms. The number of hydrogen-bond acceptors (Lipinski definition) is 13. The van der Waals surface area contributed by atoms with E-state index < -0.39 is 86.8 Å². The molecule has 1 amide bonds. The van der Waals surface area contributed by atoms with Crippen molar-refractivity contribution in [3.63, 3.8) is 0 Å². The highest BCUT2D eigenvalue weighted by Crippen LogP contribution is 2.30. The molecule has 0 aliphatic carbocycles. The molecule has 14 nitrogen and oxygen atoms in total. The third-order valence-corrected chi connectivity index (χ3v) is 16.8. The van der Waals surface area contributed by atoms with E-state index in [-0.39, 0.29) is 12.5 Å². The number of nitrogens with one attached hydrogen (secondary N) is 1. The summed E-state index contributed by atoms with van der Waals surface area (Å²) >= 11 is 0. The summed E-state index contributed by atoms with van der Waals surface area (Å²) < 4.78 is 22.9. The molecule has 0 aromatic carbocycles. The second-order valence-electron chi connectivity index (χ2n) is 24.0. The molecule has 2 heterocycles. The van der Waals surface area contributed by atoms with Crippen molar-refractivity contribution >= 4 is 5.91 Å². The van der Waals surface area contributed by atoms with Crippen molar-refractivity contribution in [1.29, 1.82) is 0 Å². The van der Waals surface area contributed by atoms with E-state index in [9.17, 15) is 45.6 Å². The molecular weight excluding hydrogens is 991 g/mol. The molecule has 464 valence electrons. The zero-order valence-electron chi connectivity index (χ0n) is 50.2. The topological polar surface area (TPSA) is 228 Å². The Kier molecular flexibility index (Phi) is 47.3. The molecule has 2 fully saturated rings. The summed E-state index contributed by atoms with van der Waals surface area (Å²) in [5.41, 5.74) is 0. The van der Waals surface area contributed by atoms with Gasteiger partial charge < -0.3 is 65.1 Å². The maximum atomic E-state index is 13.3. The minimum absolute atomic E-state index is 0.198. The van der Waals surface area contributed by atoms with Crippen LogP contribution in [0.25, 0.3) is 0 Å². The molecule has 0 bridgehead atoms. The normalized spacial score (nSPS) is 24.4. The van der Waals surface area contributed by atoms with Gasteiger partial charge in [-0.05, 0) is 12.8 Å². The Morgan fingerprint density at radius 2 is 0.731 bits per heavy atom. The van der Waals surface area contributed by atoms with Gasteiger partial charge in [-0.2, -0.15) is 0 Å². The second kappa shape index (κ2) is 50.5. The van der Waals surface area contributed by atoms with Crippen LogP contribution in [-0.4, -0.2) is 140 Å². The molecule has 2 aliphatic rings. The van der Waals surface area contributed by atoms with Crippen molar-refractivity contribution in [2.45, 2.75) is 383 Å². The Hall–Kier alpha value is -1.01. The van der Waals surface area contributed by atoms with Gasteiger partial charge in [0.1, 0.15) is 48.8 Å². The first kappa shape index (κ1) is 73.1. The van der Waals surface area contributed by atoms with E-state index in [2.05, 4.69) is 19.2 Å². The first-order chi connectivity index (χ1) is 38.1. The molecular formula is C64H125NO13. The van der Waals surface area contributed by atoms with Gasteiger partial charge in [-0.25, -0.2) is 0 Å². The maximum Gasteiger partial charge on any atom is 0.220 e. The molecule has 0 radical (unpaired) electrons. The number of amides is 1. The molecule has 0 aromatic rings. The van der Waals surface area contributed by atoms with Crippen LogP contribution in [0.2, 0.25) is 0 Å². The summed E-state index contributed by atoms with van der Waals surface area (Å²) in [5, 5.41) is 87.4. The predicted molar refractivity (Wildman–Crippen MR) is 314 cm³/mol. The minimum atomic E-state index is -1.78. The van der Waals surface area contributed by atoms with Crippen molar-refractivity contribution < 1.29 is 64.6 Å². The van der Waals surface area contributed by atoms with Crippen molar-refractivity contribution in [2.75, 3.05) is 19.8 Å². The molecule has 14 heteroatoms. The van der Waals surface area contributed by atoms with Crippen LogP contribution in [0.4, 0.5) is 0 Å². The highest BCUT2D eigenvalue weighted by Gasteiger charge is 2.51. The van der Waals surface area contributed by atoms with Gasteiger partial charge in [-0.1, -0.05) is 290 Å². The van der Waals surface area contributed by atoms with E-state index >= 15 is 0 Å². The summed E-state index contributed by atoms with van der Waals surface area (Å²) in [6, 6.07) is -0.823. The van der Waals surface area contributed by atoms with Crippen LogP contribution in [0.1, 0.15) is 309 Å². The zero-order chi connectivity index (χ0) is 56.7. The van der Waals surface area contributed by atoms with Crippen molar-refractivity contribution in [1.82, 2.24) is 5.32 Å². The van der Waals surface area contributed by atoms with Gasteiger partial charge in [0.25, 0.3) is 0 Å². The number of carbonyl (C=O) groups is 1. The van der Waals surface area contributed by atoms with Gasteiger partial charge in [-0.3, -0.25) is 4.79 Å². The summed E-state index contributed by atoms with van der Waals surface area (Å²) in [6.07, 6.45) is 41.2. The predicted octanol–water partition coefficient (Wildman–Crippen LogP) is 12.5. The monoisotopic (exact) mass is 1120 g/mol. The number of aliphatic hydroxyl groups excluding tert-OH is 8. The molecule has 2 aliphatic heterocycles. The third kappa shape index (κ3) is 35.2. The van der Waals surface area contributed by atoms with Gasteiger partial charge >= 0.3 is 0 Å². The molecule has 9 N–H and O–H groups in total. The summed E-state index contributed by atoms with van der Waals surface area (Å²) in [5.74, 6) is -0.198. The van der Waals surface area contributed by atoms with Crippen LogP contribution in [0, 0.1) is 0 Å². The van der Waals surface area contributed by atoms with Crippen LogP contribution < -0.4 is 5.32 Å². The molecule has 0 aromatic heterocycles. The van der Waals surface area contributed by atoms with Crippen LogP contribution in [0.5, 0.6) is 0 Å². The summed E-state index contributed by atoms with van der Waals surface area (Å²) in [4.78, 5) is 13.3. The van der Waals surface area contributed by atoms with E-state index in [4.69, 9.17) is 18.9 Å². The van der Waals surface area contributed by atoms with Crippen molar-refractivity contribution in [2.24, 2.45) is 0 Å². The van der Waals surface area contributed by atoms with Crippen molar-refractivity contribution in [3.05, 3.63) is 0 Å². The number of hydrogen-bond donors (Lipinski definition) is 9. The lowest BCUT2D eigenvalue weighted by Crippen LogP contribution is -2.65. The number of unbranched alkanes of at least 4 members (excludes halogenated alkanes) is 42. The Labute approximate surface area is 476 Å². The highest BCUT2D eigenvalue weighted by atomic mass is 16.7. The minimum Gasteiger partial charge on any atom is -0.394 e. The van der Waals surface area contributed by atoms with Gasteiger partial charge in [-0.15, -0.1) is 0 Å². The highest BCUT2D eigenvalue weighted by molar-refractivity contribution is 5.76. The summed E-state index contributed by atoms with van der Waals surface area (Å²) in [7, 11) is 0. The largest absolute Gasteiger partial charge is 0.394 e. The fourth-order valence-electron chi connectivity index (χ4n) is 11.5. The van der Waals surface area contributed by atoms with E-state index in [0.29, 0.717) is 12.8 Å². The van der Waals surface area contributed by atoms with Crippen LogP contribution in [0.15, 0.2) is 0 Å².